The monoisotopic (exact) mass is 434 g/mol. The molecule has 2 aromatic carbocycles. The predicted octanol–water partition coefficient (Wildman–Crippen LogP) is 3.01. The lowest BCUT2D eigenvalue weighted by atomic mass is 10.1. The highest BCUT2D eigenvalue weighted by Gasteiger charge is 2.21. The van der Waals surface area contributed by atoms with E-state index in [1.54, 1.807) is 0 Å². The number of rotatable bonds is 7. The van der Waals surface area contributed by atoms with Gasteiger partial charge in [-0.1, -0.05) is 23.8 Å². The maximum Gasteiger partial charge on any atom is 0.231 e. The molecule has 2 heterocycles. The molecule has 2 aliphatic rings. The molecule has 4 rings (SSSR count). The quantitative estimate of drug-likeness (QED) is 0.723. The summed E-state index contributed by atoms with van der Waals surface area (Å²) in [5.74, 6) is 2.52. The predicted molar refractivity (Wildman–Crippen MR) is 119 cm³/mol. The number of hydrogen-bond acceptors (Lipinski definition) is 6. The summed E-state index contributed by atoms with van der Waals surface area (Å²) < 4.78 is 16.7. The number of piperazine rings is 1. The zero-order chi connectivity index (χ0) is 20.2. The number of ether oxygens (including phenoxy) is 3. The maximum absolute atomic E-state index is 10.4. The molecular weight excluding hydrogens is 404 g/mol. The molecule has 1 fully saturated rings. The van der Waals surface area contributed by atoms with Crippen LogP contribution in [0.2, 0.25) is 0 Å². The van der Waals surface area contributed by atoms with Crippen LogP contribution in [0.3, 0.4) is 0 Å². The van der Waals surface area contributed by atoms with E-state index in [1.165, 1.54) is 11.1 Å². The molecule has 0 aliphatic carbocycles. The van der Waals surface area contributed by atoms with Crippen molar-refractivity contribution in [3.63, 3.8) is 0 Å². The van der Waals surface area contributed by atoms with E-state index in [2.05, 4.69) is 34.9 Å². The molecule has 0 radical (unpaired) electrons. The van der Waals surface area contributed by atoms with Crippen LogP contribution in [0, 0.1) is 13.8 Å². The molecule has 2 aliphatic heterocycles. The molecule has 0 saturated carbocycles. The van der Waals surface area contributed by atoms with E-state index in [1.807, 2.05) is 25.1 Å². The second kappa shape index (κ2) is 10.4. The molecule has 30 heavy (non-hydrogen) atoms. The summed E-state index contributed by atoms with van der Waals surface area (Å²) in [6.45, 7) is 10.2. The number of benzene rings is 2. The zero-order valence-electron chi connectivity index (χ0n) is 17.7. The van der Waals surface area contributed by atoms with Crippen LogP contribution in [0.15, 0.2) is 36.4 Å². The Hall–Kier alpha value is -1.99. The van der Waals surface area contributed by atoms with Crippen LogP contribution < -0.4 is 14.2 Å². The average molecular weight is 435 g/mol. The smallest absolute Gasteiger partial charge is 0.231 e. The van der Waals surface area contributed by atoms with Crippen molar-refractivity contribution in [2.24, 2.45) is 0 Å². The minimum Gasteiger partial charge on any atom is -0.491 e. The van der Waals surface area contributed by atoms with Gasteiger partial charge in [-0.2, -0.15) is 0 Å². The third kappa shape index (κ3) is 5.79. The Balaban J connectivity index is 0.00000256. The first-order valence-corrected chi connectivity index (χ1v) is 10.3. The van der Waals surface area contributed by atoms with Gasteiger partial charge in [-0.25, -0.2) is 0 Å². The van der Waals surface area contributed by atoms with E-state index in [0.29, 0.717) is 19.9 Å². The second-order valence-corrected chi connectivity index (χ2v) is 8.00. The Labute approximate surface area is 184 Å². The molecule has 0 spiro atoms. The summed E-state index contributed by atoms with van der Waals surface area (Å²) in [7, 11) is 0. The summed E-state index contributed by atoms with van der Waals surface area (Å²) in [5, 5.41) is 10.4. The topological polar surface area (TPSA) is 54.4 Å². The van der Waals surface area contributed by atoms with Gasteiger partial charge in [0.1, 0.15) is 18.5 Å². The third-order valence-corrected chi connectivity index (χ3v) is 5.54. The first-order chi connectivity index (χ1) is 14.1. The van der Waals surface area contributed by atoms with Crippen LogP contribution in [0.4, 0.5) is 0 Å². The molecule has 0 aromatic heterocycles. The zero-order valence-corrected chi connectivity index (χ0v) is 18.5. The summed E-state index contributed by atoms with van der Waals surface area (Å²) in [4.78, 5) is 4.75. The number of aryl methyl sites for hydroxylation is 2. The van der Waals surface area contributed by atoms with Gasteiger partial charge in [0.05, 0.1) is 0 Å². The Kier molecular flexibility index (Phi) is 7.83. The third-order valence-electron chi connectivity index (χ3n) is 5.54. The van der Waals surface area contributed by atoms with Gasteiger partial charge >= 0.3 is 0 Å². The van der Waals surface area contributed by atoms with Crippen LogP contribution in [0.5, 0.6) is 17.2 Å². The fourth-order valence-electron chi connectivity index (χ4n) is 3.93. The van der Waals surface area contributed by atoms with Gasteiger partial charge in [0.2, 0.25) is 6.79 Å². The molecule has 1 N–H and O–H groups in total. The Bertz CT molecular complexity index is 840. The molecule has 164 valence electrons. The number of β-amino-alcohol motifs (C(OH)–C–C–N with tert-alkyl or cyclic N) is 1. The minimum atomic E-state index is -0.490. The van der Waals surface area contributed by atoms with Crippen molar-refractivity contribution >= 4 is 12.4 Å². The molecule has 7 heteroatoms. The normalized spacial score (nSPS) is 17.4. The molecule has 6 nitrogen and oxygen atoms in total. The van der Waals surface area contributed by atoms with E-state index in [0.717, 1.165) is 55.5 Å². The van der Waals surface area contributed by atoms with Crippen LogP contribution >= 0.6 is 12.4 Å². The van der Waals surface area contributed by atoms with Crippen LogP contribution in [0.25, 0.3) is 0 Å². The standard InChI is InChI=1S/C23H30N2O4.ClH/c1-17-3-5-21(18(2)11-17)27-15-20(26)14-25-9-7-24(8-10-25)13-19-4-6-22-23(12-19)29-16-28-22;/h3-6,11-12,20,26H,7-10,13-16H2,1-2H3;1H. The van der Waals surface area contributed by atoms with E-state index >= 15 is 0 Å². The fourth-order valence-corrected chi connectivity index (χ4v) is 3.93. The van der Waals surface area contributed by atoms with Crippen LogP contribution in [0.1, 0.15) is 16.7 Å². The Morgan fingerprint density at radius 1 is 0.967 bits per heavy atom. The molecule has 1 atom stereocenters. The van der Waals surface area contributed by atoms with Gasteiger partial charge in [0.25, 0.3) is 0 Å². The molecular formula is C23H31ClN2O4. The van der Waals surface area contributed by atoms with Crippen molar-refractivity contribution in [3.05, 3.63) is 53.1 Å². The average Bonchev–Trinajstić information content (AvgIpc) is 3.17. The highest BCUT2D eigenvalue weighted by Crippen LogP contribution is 2.32. The van der Waals surface area contributed by atoms with Gasteiger partial charge in [0.15, 0.2) is 11.5 Å². The lowest BCUT2D eigenvalue weighted by Gasteiger charge is -2.35. The molecule has 2 aromatic rings. The van der Waals surface area contributed by atoms with Crippen LogP contribution in [-0.2, 0) is 6.54 Å². The highest BCUT2D eigenvalue weighted by molar-refractivity contribution is 5.85. The van der Waals surface area contributed by atoms with Crippen molar-refractivity contribution in [1.29, 1.82) is 0 Å². The fraction of sp³-hybridized carbons (Fsp3) is 0.478. The number of fused-ring (bicyclic) bond motifs is 1. The van der Waals surface area contributed by atoms with Crippen molar-refractivity contribution < 1.29 is 19.3 Å². The van der Waals surface area contributed by atoms with Gasteiger partial charge in [-0.3, -0.25) is 9.80 Å². The molecule has 1 saturated heterocycles. The highest BCUT2D eigenvalue weighted by atomic mass is 35.5. The van der Waals surface area contributed by atoms with Gasteiger partial charge < -0.3 is 19.3 Å². The molecule has 0 bridgehead atoms. The second-order valence-electron chi connectivity index (χ2n) is 8.00. The van der Waals surface area contributed by atoms with Gasteiger partial charge in [0, 0.05) is 39.3 Å². The first kappa shape index (κ1) is 22.7. The number of nitrogens with zero attached hydrogens (tertiary/aromatic N) is 2. The summed E-state index contributed by atoms with van der Waals surface area (Å²) in [5.41, 5.74) is 3.56. The number of halogens is 1. The first-order valence-electron chi connectivity index (χ1n) is 10.3. The number of aliphatic hydroxyl groups excluding tert-OH is 1. The van der Waals surface area contributed by atoms with Gasteiger partial charge in [-0.15, -0.1) is 12.4 Å². The van der Waals surface area contributed by atoms with E-state index < -0.39 is 6.10 Å². The molecule has 1 unspecified atom stereocenters. The van der Waals surface area contributed by atoms with Gasteiger partial charge in [-0.05, 0) is 43.2 Å². The van der Waals surface area contributed by atoms with Crippen molar-refractivity contribution in [3.8, 4) is 17.2 Å². The van der Waals surface area contributed by atoms with Crippen molar-refractivity contribution in [2.75, 3.05) is 46.1 Å². The number of hydrogen-bond donors (Lipinski definition) is 1. The Morgan fingerprint density at radius 3 is 2.47 bits per heavy atom. The Morgan fingerprint density at radius 2 is 1.70 bits per heavy atom. The van der Waals surface area contributed by atoms with E-state index in [9.17, 15) is 5.11 Å². The van der Waals surface area contributed by atoms with E-state index in [-0.39, 0.29) is 12.4 Å². The summed E-state index contributed by atoms with van der Waals surface area (Å²) in [6, 6.07) is 12.3. The lowest BCUT2D eigenvalue weighted by Crippen LogP contribution is -2.48. The minimum absolute atomic E-state index is 0. The van der Waals surface area contributed by atoms with E-state index in [4.69, 9.17) is 14.2 Å². The summed E-state index contributed by atoms with van der Waals surface area (Å²) >= 11 is 0. The lowest BCUT2D eigenvalue weighted by molar-refractivity contribution is 0.0445. The number of aliphatic hydroxyl groups is 1. The molecule has 0 amide bonds. The van der Waals surface area contributed by atoms with Crippen molar-refractivity contribution in [2.45, 2.75) is 26.5 Å². The largest absolute Gasteiger partial charge is 0.491 e. The van der Waals surface area contributed by atoms with Crippen LogP contribution in [-0.4, -0.2) is 67.1 Å². The van der Waals surface area contributed by atoms with Crippen molar-refractivity contribution in [1.82, 2.24) is 9.80 Å². The maximum atomic E-state index is 10.4. The SMILES string of the molecule is Cc1ccc(OCC(O)CN2CCN(Cc3ccc4c(c3)OCO4)CC2)c(C)c1.Cl. The summed E-state index contributed by atoms with van der Waals surface area (Å²) in [6.07, 6.45) is -0.490.